The van der Waals surface area contributed by atoms with Gasteiger partial charge in [0.25, 0.3) is 11.8 Å². The summed E-state index contributed by atoms with van der Waals surface area (Å²) in [5.41, 5.74) is 1.97. The van der Waals surface area contributed by atoms with Gasteiger partial charge in [-0.2, -0.15) is 0 Å². The van der Waals surface area contributed by atoms with E-state index in [4.69, 9.17) is 4.74 Å². The molecular weight excluding hydrogens is 436 g/mol. The molecule has 4 amide bonds. The molecule has 9 heteroatoms. The summed E-state index contributed by atoms with van der Waals surface area (Å²) in [6.07, 6.45) is 1.74. The molecule has 1 saturated heterocycles. The smallest absolute Gasteiger partial charge is 0.264 e. The van der Waals surface area contributed by atoms with Crippen LogP contribution >= 0.6 is 0 Å². The Kier molecular flexibility index (Phi) is 5.29. The van der Waals surface area contributed by atoms with Crippen LogP contribution in [0.3, 0.4) is 0 Å². The van der Waals surface area contributed by atoms with Crippen LogP contribution in [0.2, 0.25) is 0 Å². The van der Waals surface area contributed by atoms with E-state index in [1.54, 1.807) is 30.5 Å². The minimum absolute atomic E-state index is 0.0597. The SMILES string of the molecule is Cc1cc(Oc2ccccc2)c(Nc2cccc3c2C(=O)N(C2CCC(=O)NC2=O)C3=O)cn1. The Morgan fingerprint density at radius 2 is 1.79 bits per heavy atom. The first-order chi connectivity index (χ1) is 16.4. The van der Waals surface area contributed by atoms with Crippen molar-refractivity contribution in [3.05, 3.63) is 77.6 Å². The molecule has 5 rings (SSSR count). The normalized spacial score (nSPS) is 17.4. The van der Waals surface area contributed by atoms with Crippen molar-refractivity contribution in [1.82, 2.24) is 15.2 Å². The molecule has 1 fully saturated rings. The second-order valence-corrected chi connectivity index (χ2v) is 8.04. The van der Waals surface area contributed by atoms with E-state index in [-0.39, 0.29) is 24.0 Å². The number of rotatable bonds is 5. The van der Waals surface area contributed by atoms with Crippen LogP contribution in [0, 0.1) is 6.92 Å². The van der Waals surface area contributed by atoms with Gasteiger partial charge in [-0.05, 0) is 37.6 Å². The van der Waals surface area contributed by atoms with Crippen molar-refractivity contribution >= 4 is 35.0 Å². The van der Waals surface area contributed by atoms with Crippen LogP contribution in [0.15, 0.2) is 60.8 Å². The molecule has 2 aliphatic rings. The Morgan fingerprint density at radius 3 is 2.56 bits per heavy atom. The second kappa shape index (κ2) is 8.43. The predicted molar refractivity (Wildman–Crippen MR) is 122 cm³/mol. The number of ether oxygens (including phenoxy) is 1. The molecule has 0 radical (unpaired) electrons. The van der Waals surface area contributed by atoms with Crippen molar-refractivity contribution in [1.29, 1.82) is 0 Å². The number of piperidine rings is 1. The number of carbonyl (C=O) groups excluding carboxylic acids is 4. The lowest BCUT2D eigenvalue weighted by molar-refractivity contribution is -0.136. The van der Waals surface area contributed by atoms with Gasteiger partial charge >= 0.3 is 0 Å². The Labute approximate surface area is 194 Å². The zero-order valence-corrected chi connectivity index (χ0v) is 18.2. The molecule has 34 heavy (non-hydrogen) atoms. The van der Waals surface area contributed by atoms with Crippen molar-refractivity contribution < 1.29 is 23.9 Å². The number of carbonyl (C=O) groups is 4. The van der Waals surface area contributed by atoms with Gasteiger partial charge in [0.1, 0.15) is 17.5 Å². The highest BCUT2D eigenvalue weighted by Crippen LogP contribution is 2.37. The number of anilines is 2. The zero-order valence-electron chi connectivity index (χ0n) is 18.2. The van der Waals surface area contributed by atoms with Gasteiger partial charge in [-0.3, -0.25) is 34.4 Å². The highest BCUT2D eigenvalue weighted by molar-refractivity contribution is 6.25. The van der Waals surface area contributed by atoms with E-state index < -0.39 is 29.7 Å². The van der Waals surface area contributed by atoms with Crippen LogP contribution in [-0.4, -0.2) is 39.6 Å². The fourth-order valence-corrected chi connectivity index (χ4v) is 4.09. The fraction of sp³-hybridized carbons (Fsp3) is 0.160. The number of pyridine rings is 1. The minimum Gasteiger partial charge on any atom is -0.455 e. The molecule has 2 aromatic carbocycles. The molecule has 9 nitrogen and oxygen atoms in total. The minimum atomic E-state index is -1.03. The highest BCUT2D eigenvalue weighted by atomic mass is 16.5. The maximum Gasteiger partial charge on any atom is 0.264 e. The highest BCUT2D eigenvalue weighted by Gasteiger charge is 2.45. The fourth-order valence-electron chi connectivity index (χ4n) is 4.09. The molecule has 3 aromatic rings. The topological polar surface area (TPSA) is 118 Å². The average Bonchev–Trinajstić information content (AvgIpc) is 3.07. The third kappa shape index (κ3) is 3.77. The number of aryl methyl sites for hydroxylation is 1. The van der Waals surface area contributed by atoms with Crippen LogP contribution < -0.4 is 15.4 Å². The number of aromatic nitrogens is 1. The zero-order chi connectivity index (χ0) is 23.8. The lowest BCUT2D eigenvalue weighted by Gasteiger charge is -2.27. The van der Waals surface area contributed by atoms with Crippen molar-refractivity contribution in [3.8, 4) is 11.5 Å². The van der Waals surface area contributed by atoms with Crippen LogP contribution in [0.4, 0.5) is 11.4 Å². The van der Waals surface area contributed by atoms with E-state index in [1.165, 1.54) is 0 Å². The molecule has 1 unspecified atom stereocenters. The first kappa shape index (κ1) is 21.3. The first-order valence-corrected chi connectivity index (χ1v) is 10.7. The third-order valence-corrected chi connectivity index (χ3v) is 5.71. The third-order valence-electron chi connectivity index (χ3n) is 5.71. The van der Waals surface area contributed by atoms with Gasteiger partial charge in [-0.15, -0.1) is 0 Å². The largest absolute Gasteiger partial charge is 0.455 e. The number of amides is 4. The summed E-state index contributed by atoms with van der Waals surface area (Å²) in [7, 11) is 0. The molecular formula is C25H20N4O5. The van der Waals surface area contributed by atoms with E-state index in [0.717, 1.165) is 10.6 Å². The Morgan fingerprint density at radius 1 is 1.00 bits per heavy atom. The van der Waals surface area contributed by atoms with Crippen LogP contribution in [-0.2, 0) is 9.59 Å². The number of para-hydroxylation sites is 1. The summed E-state index contributed by atoms with van der Waals surface area (Å²) in [6.45, 7) is 1.84. The molecule has 0 bridgehead atoms. The molecule has 2 aliphatic heterocycles. The van der Waals surface area contributed by atoms with E-state index in [9.17, 15) is 19.2 Å². The Hall–Kier alpha value is -4.53. The van der Waals surface area contributed by atoms with E-state index in [0.29, 0.717) is 22.9 Å². The lowest BCUT2D eigenvalue weighted by Crippen LogP contribution is -2.54. The molecule has 1 aromatic heterocycles. The summed E-state index contributed by atoms with van der Waals surface area (Å²) in [4.78, 5) is 55.5. The molecule has 0 aliphatic carbocycles. The molecule has 0 spiro atoms. The second-order valence-electron chi connectivity index (χ2n) is 8.04. The van der Waals surface area contributed by atoms with Crippen LogP contribution in [0.1, 0.15) is 39.3 Å². The van der Waals surface area contributed by atoms with Gasteiger partial charge in [0.2, 0.25) is 11.8 Å². The first-order valence-electron chi connectivity index (χ1n) is 10.7. The summed E-state index contributed by atoms with van der Waals surface area (Å²) >= 11 is 0. The summed E-state index contributed by atoms with van der Waals surface area (Å²) < 4.78 is 6.02. The lowest BCUT2D eigenvalue weighted by atomic mass is 10.0. The van der Waals surface area contributed by atoms with Crippen molar-refractivity contribution in [2.45, 2.75) is 25.8 Å². The van der Waals surface area contributed by atoms with Gasteiger partial charge in [0.05, 0.1) is 23.0 Å². The number of benzene rings is 2. The number of hydrogen-bond donors (Lipinski definition) is 2. The predicted octanol–water partition coefficient (Wildman–Crippen LogP) is 3.33. The van der Waals surface area contributed by atoms with Crippen LogP contribution in [0.25, 0.3) is 0 Å². The van der Waals surface area contributed by atoms with E-state index in [2.05, 4.69) is 15.6 Å². The molecule has 0 saturated carbocycles. The van der Waals surface area contributed by atoms with Gasteiger partial charge in [-0.25, -0.2) is 0 Å². The molecule has 3 heterocycles. The summed E-state index contributed by atoms with van der Waals surface area (Å²) in [5, 5.41) is 5.37. The summed E-state index contributed by atoms with van der Waals surface area (Å²) in [6, 6.07) is 14.8. The molecule has 170 valence electrons. The number of fused-ring (bicyclic) bond motifs is 1. The average molecular weight is 456 g/mol. The summed E-state index contributed by atoms with van der Waals surface area (Å²) in [5.74, 6) is -1.11. The van der Waals surface area contributed by atoms with Gasteiger partial charge in [0.15, 0.2) is 5.75 Å². The van der Waals surface area contributed by atoms with E-state index in [1.807, 2.05) is 37.3 Å². The number of hydrogen-bond acceptors (Lipinski definition) is 7. The maximum absolute atomic E-state index is 13.3. The van der Waals surface area contributed by atoms with Gasteiger partial charge < -0.3 is 10.1 Å². The van der Waals surface area contributed by atoms with Gasteiger partial charge in [-0.1, -0.05) is 24.3 Å². The van der Waals surface area contributed by atoms with Crippen molar-refractivity contribution in [3.63, 3.8) is 0 Å². The maximum atomic E-state index is 13.3. The molecule has 2 N–H and O–H groups in total. The number of nitrogens with zero attached hydrogens (tertiary/aromatic N) is 2. The Balaban J connectivity index is 1.48. The Bertz CT molecular complexity index is 1340. The number of nitrogens with one attached hydrogen (secondary N) is 2. The van der Waals surface area contributed by atoms with Crippen molar-refractivity contribution in [2.75, 3.05) is 5.32 Å². The monoisotopic (exact) mass is 456 g/mol. The quantitative estimate of drug-likeness (QED) is 0.566. The van der Waals surface area contributed by atoms with Crippen molar-refractivity contribution in [2.24, 2.45) is 0 Å². The standard InChI is InChI=1S/C25H20N4O5/c1-14-12-20(34-15-6-3-2-4-7-15)18(13-26-14)27-17-9-5-8-16-22(17)25(33)29(24(16)32)19-10-11-21(30)28-23(19)31/h2-9,12-13,19,27H,10-11H2,1H3,(H,28,30,31). The van der Waals surface area contributed by atoms with E-state index >= 15 is 0 Å². The van der Waals surface area contributed by atoms with Gasteiger partial charge in [0, 0.05) is 18.2 Å². The molecule has 1 atom stereocenters. The number of imide groups is 2. The van der Waals surface area contributed by atoms with Crippen LogP contribution in [0.5, 0.6) is 11.5 Å².